The molecule has 0 radical (unpaired) electrons. The fraction of sp³-hybridized carbons (Fsp3) is 0.143. The molecule has 0 bridgehead atoms. The van der Waals surface area contributed by atoms with Crippen molar-refractivity contribution in [3.63, 3.8) is 0 Å². The van der Waals surface area contributed by atoms with Crippen LogP contribution in [0.4, 0.5) is 0 Å². The number of amides is 1. The van der Waals surface area contributed by atoms with Gasteiger partial charge in [-0.15, -0.1) is 0 Å². The molecule has 2 heterocycles. The number of hydrogen-bond acceptors (Lipinski definition) is 6. The number of nitriles is 1. The summed E-state index contributed by atoms with van der Waals surface area (Å²) in [5.41, 5.74) is 3.55. The summed E-state index contributed by atoms with van der Waals surface area (Å²) in [5.74, 6) is 0.611. The largest absolute Gasteiger partial charge is 0.493 e. The maximum absolute atomic E-state index is 12.8. The van der Waals surface area contributed by atoms with Gasteiger partial charge in [-0.25, -0.2) is 0 Å². The maximum Gasteiger partial charge on any atom is 0.262 e. The highest BCUT2D eigenvalue weighted by molar-refractivity contribution is 6.31. The van der Waals surface area contributed by atoms with Gasteiger partial charge in [-0.05, 0) is 47.5 Å². The standard InChI is InChI=1S/C28H24ClN5O3/c1-36-25-10-9-20(13-26(25)37-2)27-23(18-34(33-27)17-21-7-3-4-8-24(21)29)12-22(14-30)28(35)32-16-19-6-5-11-31-15-19/h3-13,15,18H,16-17H2,1-2H3,(H,32,35)/b22-12+. The molecule has 4 aromatic rings. The number of halogens is 1. The smallest absolute Gasteiger partial charge is 0.262 e. The van der Waals surface area contributed by atoms with E-state index in [2.05, 4.69) is 10.3 Å². The Labute approximate surface area is 219 Å². The molecule has 0 aliphatic carbocycles. The lowest BCUT2D eigenvalue weighted by atomic mass is 10.1. The van der Waals surface area contributed by atoms with Crippen molar-refractivity contribution >= 4 is 23.6 Å². The monoisotopic (exact) mass is 513 g/mol. The first-order chi connectivity index (χ1) is 18.0. The van der Waals surface area contributed by atoms with Gasteiger partial charge >= 0.3 is 0 Å². The first kappa shape index (κ1) is 25.5. The van der Waals surface area contributed by atoms with E-state index >= 15 is 0 Å². The Kier molecular flexibility index (Phi) is 8.18. The zero-order chi connectivity index (χ0) is 26.2. The number of methoxy groups -OCH3 is 2. The summed E-state index contributed by atoms with van der Waals surface area (Å²) < 4.78 is 12.5. The fourth-order valence-corrected chi connectivity index (χ4v) is 3.91. The molecular weight excluding hydrogens is 490 g/mol. The molecule has 9 heteroatoms. The van der Waals surface area contributed by atoms with E-state index in [4.69, 9.17) is 26.2 Å². The number of carbonyl (C=O) groups is 1. The average molecular weight is 514 g/mol. The summed E-state index contributed by atoms with van der Waals surface area (Å²) in [5, 5.41) is 17.9. The lowest BCUT2D eigenvalue weighted by Crippen LogP contribution is -2.24. The summed E-state index contributed by atoms with van der Waals surface area (Å²) in [6, 6.07) is 18.6. The van der Waals surface area contributed by atoms with Crippen LogP contribution in [0.3, 0.4) is 0 Å². The molecule has 1 N–H and O–H groups in total. The lowest BCUT2D eigenvalue weighted by molar-refractivity contribution is -0.117. The van der Waals surface area contributed by atoms with Gasteiger partial charge in [0, 0.05) is 41.3 Å². The third-order valence-electron chi connectivity index (χ3n) is 5.58. The Hall–Kier alpha value is -4.61. The highest BCUT2D eigenvalue weighted by Crippen LogP contribution is 2.34. The van der Waals surface area contributed by atoms with Crippen LogP contribution in [0.2, 0.25) is 5.02 Å². The Morgan fingerprint density at radius 2 is 1.95 bits per heavy atom. The third kappa shape index (κ3) is 6.15. The van der Waals surface area contributed by atoms with Crippen molar-refractivity contribution in [1.82, 2.24) is 20.1 Å². The van der Waals surface area contributed by atoms with E-state index in [-0.39, 0.29) is 12.1 Å². The van der Waals surface area contributed by atoms with Crippen LogP contribution in [-0.4, -0.2) is 34.9 Å². The molecule has 0 atom stereocenters. The molecule has 186 valence electrons. The van der Waals surface area contributed by atoms with Gasteiger partial charge in [0.1, 0.15) is 11.6 Å². The second kappa shape index (κ2) is 11.9. The molecule has 2 aromatic carbocycles. The number of carbonyl (C=O) groups excluding carboxylic acids is 1. The fourth-order valence-electron chi connectivity index (χ4n) is 3.72. The summed E-state index contributed by atoms with van der Waals surface area (Å²) in [4.78, 5) is 16.9. The van der Waals surface area contributed by atoms with Crippen LogP contribution >= 0.6 is 11.6 Å². The molecule has 8 nitrogen and oxygen atoms in total. The Morgan fingerprint density at radius 3 is 2.65 bits per heavy atom. The first-order valence-electron chi connectivity index (χ1n) is 11.3. The van der Waals surface area contributed by atoms with Gasteiger partial charge < -0.3 is 14.8 Å². The van der Waals surface area contributed by atoms with Gasteiger partial charge in [0.15, 0.2) is 11.5 Å². The van der Waals surface area contributed by atoms with Crippen molar-refractivity contribution in [3.8, 4) is 28.8 Å². The molecule has 0 saturated carbocycles. The van der Waals surface area contributed by atoms with E-state index < -0.39 is 5.91 Å². The second-order valence-electron chi connectivity index (χ2n) is 8.01. The predicted molar refractivity (Wildman–Crippen MR) is 141 cm³/mol. The minimum absolute atomic E-state index is 0.0529. The van der Waals surface area contributed by atoms with Crippen LogP contribution in [0.5, 0.6) is 11.5 Å². The minimum Gasteiger partial charge on any atom is -0.493 e. The lowest BCUT2D eigenvalue weighted by Gasteiger charge is -2.09. The van der Waals surface area contributed by atoms with E-state index in [0.29, 0.717) is 34.3 Å². The quantitative estimate of drug-likeness (QED) is 0.252. The summed E-state index contributed by atoms with van der Waals surface area (Å²) in [6.45, 7) is 0.656. The molecule has 4 rings (SSSR count). The maximum atomic E-state index is 12.8. The number of nitrogens with zero attached hydrogens (tertiary/aromatic N) is 4. The number of pyridine rings is 1. The van der Waals surface area contributed by atoms with Gasteiger partial charge in [0.05, 0.1) is 26.5 Å². The molecule has 0 spiro atoms. The minimum atomic E-state index is -0.497. The normalized spacial score (nSPS) is 11.0. The molecule has 0 aliphatic heterocycles. The van der Waals surface area contributed by atoms with Crippen molar-refractivity contribution < 1.29 is 14.3 Å². The van der Waals surface area contributed by atoms with E-state index in [1.54, 1.807) is 55.7 Å². The molecule has 0 saturated heterocycles. The molecule has 0 fully saturated rings. The highest BCUT2D eigenvalue weighted by atomic mass is 35.5. The second-order valence-corrected chi connectivity index (χ2v) is 8.41. The number of hydrogen-bond donors (Lipinski definition) is 1. The van der Waals surface area contributed by atoms with Crippen molar-refractivity contribution in [2.45, 2.75) is 13.1 Å². The topological polar surface area (TPSA) is 102 Å². The molecule has 37 heavy (non-hydrogen) atoms. The van der Waals surface area contributed by atoms with Crippen LogP contribution in [0.25, 0.3) is 17.3 Å². The van der Waals surface area contributed by atoms with E-state index in [1.807, 2.05) is 42.5 Å². The van der Waals surface area contributed by atoms with Crippen LogP contribution in [0.1, 0.15) is 16.7 Å². The van der Waals surface area contributed by atoms with Crippen molar-refractivity contribution in [3.05, 3.63) is 100 Å². The van der Waals surface area contributed by atoms with E-state index in [0.717, 1.165) is 16.7 Å². The third-order valence-corrected chi connectivity index (χ3v) is 5.95. The zero-order valence-electron chi connectivity index (χ0n) is 20.3. The average Bonchev–Trinajstić information content (AvgIpc) is 3.33. The van der Waals surface area contributed by atoms with Crippen LogP contribution in [0, 0.1) is 11.3 Å². The Bertz CT molecular complexity index is 1470. The Balaban J connectivity index is 1.71. The summed E-state index contributed by atoms with van der Waals surface area (Å²) in [6.07, 6.45) is 6.62. The highest BCUT2D eigenvalue weighted by Gasteiger charge is 2.17. The van der Waals surface area contributed by atoms with Gasteiger partial charge in [0.2, 0.25) is 0 Å². The SMILES string of the molecule is COc1ccc(-c2nn(Cc3ccccc3Cl)cc2/C=C(\C#N)C(=O)NCc2cccnc2)cc1OC. The van der Waals surface area contributed by atoms with Gasteiger partial charge in [-0.3, -0.25) is 14.5 Å². The molecule has 2 aromatic heterocycles. The zero-order valence-corrected chi connectivity index (χ0v) is 21.1. The number of nitrogens with one attached hydrogen (secondary N) is 1. The van der Waals surface area contributed by atoms with Crippen LogP contribution < -0.4 is 14.8 Å². The summed E-state index contributed by atoms with van der Waals surface area (Å²) in [7, 11) is 3.12. The number of rotatable bonds is 9. The van der Waals surface area contributed by atoms with Crippen molar-refractivity contribution in [2.24, 2.45) is 0 Å². The van der Waals surface area contributed by atoms with Crippen molar-refractivity contribution in [1.29, 1.82) is 5.26 Å². The van der Waals surface area contributed by atoms with Crippen LogP contribution in [-0.2, 0) is 17.9 Å². The molecule has 0 aliphatic rings. The van der Waals surface area contributed by atoms with Crippen molar-refractivity contribution in [2.75, 3.05) is 14.2 Å². The number of benzene rings is 2. The number of ether oxygens (including phenoxy) is 2. The van der Waals surface area contributed by atoms with E-state index in [9.17, 15) is 10.1 Å². The van der Waals surface area contributed by atoms with Gasteiger partial charge in [0.25, 0.3) is 5.91 Å². The first-order valence-corrected chi connectivity index (χ1v) is 11.7. The molecule has 1 amide bonds. The number of aromatic nitrogens is 3. The summed E-state index contributed by atoms with van der Waals surface area (Å²) >= 11 is 6.36. The predicted octanol–water partition coefficient (Wildman–Crippen LogP) is 4.89. The molecule has 0 unspecified atom stereocenters. The van der Waals surface area contributed by atoms with Gasteiger partial charge in [-0.2, -0.15) is 10.4 Å². The Morgan fingerprint density at radius 1 is 1.14 bits per heavy atom. The molecular formula is C28H24ClN5O3. The van der Waals surface area contributed by atoms with Gasteiger partial charge in [-0.1, -0.05) is 35.9 Å². The van der Waals surface area contributed by atoms with E-state index in [1.165, 1.54) is 6.08 Å². The van der Waals surface area contributed by atoms with Crippen LogP contribution in [0.15, 0.2) is 78.8 Å².